The summed E-state index contributed by atoms with van der Waals surface area (Å²) in [4.78, 5) is 26.8. The Hall–Kier alpha value is -2.24. The molecule has 1 amide bonds. The molecule has 1 heterocycles. The third-order valence-electron chi connectivity index (χ3n) is 4.11. The Labute approximate surface area is 148 Å². The molecular weight excluding hydrogens is 370 g/mol. The zero-order valence-corrected chi connectivity index (χ0v) is 14.5. The average molecular weight is 386 g/mol. The summed E-state index contributed by atoms with van der Waals surface area (Å²) in [5.74, 6) is -0.783. The highest BCUT2D eigenvalue weighted by atomic mass is 79.9. The molecule has 0 radical (unpaired) electrons. The van der Waals surface area contributed by atoms with Crippen LogP contribution in [0.2, 0.25) is 0 Å². The van der Waals surface area contributed by atoms with Crippen molar-refractivity contribution < 1.29 is 14.7 Å². The highest BCUT2D eigenvalue weighted by Crippen LogP contribution is 2.42. The van der Waals surface area contributed by atoms with Crippen LogP contribution >= 0.6 is 15.9 Å². The average Bonchev–Trinajstić information content (AvgIpc) is 2.78. The Morgan fingerprint density at radius 3 is 2.71 bits per heavy atom. The standard InChI is InChI=1S/C19H16BrNO3/c1-2-10-21-16-9-4-3-8-15(16)19(24,18(21)23)12-17(22)13-6-5-7-14(20)11-13/h2-9,11,24H,1,10,12H2/t19-/m0/s1. The predicted molar refractivity (Wildman–Crippen MR) is 96.0 cm³/mol. The normalized spacial score (nSPS) is 19.2. The molecule has 0 aliphatic carbocycles. The van der Waals surface area contributed by atoms with E-state index in [4.69, 9.17) is 0 Å². The molecule has 0 spiro atoms. The first-order chi connectivity index (χ1) is 11.5. The van der Waals surface area contributed by atoms with Crippen LogP contribution in [0.1, 0.15) is 22.3 Å². The van der Waals surface area contributed by atoms with E-state index in [9.17, 15) is 14.7 Å². The van der Waals surface area contributed by atoms with Crippen molar-refractivity contribution in [3.05, 3.63) is 76.8 Å². The fourth-order valence-electron chi connectivity index (χ4n) is 2.98. The molecule has 5 heteroatoms. The number of rotatable bonds is 5. The minimum atomic E-state index is -1.85. The molecule has 2 aromatic rings. The molecule has 1 N–H and O–H groups in total. The first-order valence-corrected chi connectivity index (χ1v) is 8.30. The number of fused-ring (bicyclic) bond motifs is 1. The summed E-state index contributed by atoms with van der Waals surface area (Å²) in [6.07, 6.45) is 1.30. The van der Waals surface area contributed by atoms with Gasteiger partial charge in [-0.15, -0.1) is 6.58 Å². The number of halogens is 1. The van der Waals surface area contributed by atoms with Gasteiger partial charge in [-0.1, -0.05) is 52.3 Å². The van der Waals surface area contributed by atoms with Gasteiger partial charge in [0.25, 0.3) is 5.91 Å². The summed E-state index contributed by atoms with van der Waals surface area (Å²) in [6, 6.07) is 13.9. The number of anilines is 1. The number of nitrogens with zero attached hydrogens (tertiary/aromatic N) is 1. The van der Waals surface area contributed by atoms with Gasteiger partial charge in [-0.2, -0.15) is 0 Å². The van der Waals surface area contributed by atoms with Crippen LogP contribution in [0.4, 0.5) is 5.69 Å². The Bertz CT molecular complexity index is 833. The largest absolute Gasteiger partial charge is 0.375 e. The lowest BCUT2D eigenvalue weighted by atomic mass is 9.88. The Morgan fingerprint density at radius 1 is 1.25 bits per heavy atom. The van der Waals surface area contributed by atoms with E-state index in [0.717, 1.165) is 4.47 Å². The molecule has 1 aliphatic rings. The summed E-state index contributed by atoms with van der Waals surface area (Å²) < 4.78 is 0.770. The van der Waals surface area contributed by atoms with Gasteiger partial charge in [0.1, 0.15) is 0 Å². The third-order valence-corrected chi connectivity index (χ3v) is 4.61. The van der Waals surface area contributed by atoms with Crippen molar-refractivity contribution in [2.24, 2.45) is 0 Å². The minimum Gasteiger partial charge on any atom is -0.375 e. The fraction of sp³-hybridized carbons (Fsp3) is 0.158. The maximum Gasteiger partial charge on any atom is 0.264 e. The number of amides is 1. The van der Waals surface area contributed by atoms with Crippen molar-refractivity contribution in [2.45, 2.75) is 12.0 Å². The lowest BCUT2D eigenvalue weighted by Gasteiger charge is -2.22. The van der Waals surface area contributed by atoms with Gasteiger partial charge < -0.3 is 10.0 Å². The van der Waals surface area contributed by atoms with E-state index in [1.54, 1.807) is 48.5 Å². The molecule has 0 saturated heterocycles. The van der Waals surface area contributed by atoms with Gasteiger partial charge in [-0.25, -0.2) is 0 Å². The molecule has 0 bridgehead atoms. The van der Waals surface area contributed by atoms with E-state index in [-0.39, 0.29) is 18.7 Å². The lowest BCUT2D eigenvalue weighted by Crippen LogP contribution is -2.41. The molecule has 122 valence electrons. The summed E-state index contributed by atoms with van der Waals surface area (Å²) in [6.45, 7) is 3.93. The lowest BCUT2D eigenvalue weighted by molar-refractivity contribution is -0.135. The SMILES string of the molecule is C=CCN1C(=O)[C@](O)(CC(=O)c2cccc(Br)c2)c2ccccc21. The second kappa shape index (κ2) is 6.34. The number of para-hydroxylation sites is 1. The number of carbonyl (C=O) groups excluding carboxylic acids is 2. The minimum absolute atomic E-state index is 0.281. The van der Waals surface area contributed by atoms with Crippen LogP contribution in [0.5, 0.6) is 0 Å². The topological polar surface area (TPSA) is 57.6 Å². The van der Waals surface area contributed by atoms with Crippen molar-refractivity contribution in [1.29, 1.82) is 0 Å². The van der Waals surface area contributed by atoms with Gasteiger partial charge in [-0.05, 0) is 18.2 Å². The third kappa shape index (κ3) is 2.70. The van der Waals surface area contributed by atoms with E-state index in [2.05, 4.69) is 22.5 Å². The number of carbonyl (C=O) groups is 2. The molecule has 0 fully saturated rings. The summed E-state index contributed by atoms with van der Waals surface area (Å²) in [5, 5.41) is 11.1. The van der Waals surface area contributed by atoms with Crippen LogP contribution in [0.3, 0.4) is 0 Å². The molecule has 2 aromatic carbocycles. The first kappa shape index (κ1) is 16.6. The van der Waals surface area contributed by atoms with Gasteiger partial charge in [-0.3, -0.25) is 9.59 Å². The maximum absolute atomic E-state index is 12.8. The highest BCUT2D eigenvalue weighted by Gasteiger charge is 2.50. The number of aliphatic hydroxyl groups is 1. The molecule has 1 aliphatic heterocycles. The fourth-order valence-corrected chi connectivity index (χ4v) is 3.38. The number of ketones is 1. The Morgan fingerprint density at radius 2 is 2.00 bits per heavy atom. The molecule has 0 aromatic heterocycles. The predicted octanol–water partition coefficient (Wildman–Crippen LogP) is 3.44. The monoisotopic (exact) mass is 385 g/mol. The van der Waals surface area contributed by atoms with E-state index in [0.29, 0.717) is 16.8 Å². The molecular formula is C19H16BrNO3. The van der Waals surface area contributed by atoms with Crippen molar-refractivity contribution in [3.63, 3.8) is 0 Å². The summed E-state index contributed by atoms with van der Waals surface area (Å²) >= 11 is 3.32. The zero-order valence-electron chi connectivity index (χ0n) is 12.9. The summed E-state index contributed by atoms with van der Waals surface area (Å²) in [7, 11) is 0. The van der Waals surface area contributed by atoms with Crippen molar-refractivity contribution in [3.8, 4) is 0 Å². The number of hydrogen-bond donors (Lipinski definition) is 1. The number of hydrogen-bond acceptors (Lipinski definition) is 3. The molecule has 4 nitrogen and oxygen atoms in total. The number of Topliss-reactive ketones (excluding diaryl/α,β-unsaturated/α-hetero) is 1. The van der Waals surface area contributed by atoms with E-state index in [1.165, 1.54) is 4.90 Å². The number of benzene rings is 2. The van der Waals surface area contributed by atoms with Gasteiger partial charge in [0, 0.05) is 22.1 Å². The van der Waals surface area contributed by atoms with Crippen LogP contribution in [-0.4, -0.2) is 23.3 Å². The Balaban J connectivity index is 1.98. The van der Waals surface area contributed by atoms with E-state index in [1.807, 2.05) is 6.07 Å². The van der Waals surface area contributed by atoms with Gasteiger partial charge in [0.2, 0.25) is 0 Å². The van der Waals surface area contributed by atoms with Crippen LogP contribution in [0.15, 0.2) is 65.7 Å². The van der Waals surface area contributed by atoms with E-state index < -0.39 is 11.5 Å². The summed E-state index contributed by atoms with van der Waals surface area (Å²) in [5.41, 5.74) is -0.323. The first-order valence-electron chi connectivity index (χ1n) is 7.51. The molecule has 1 atom stereocenters. The molecule has 0 unspecified atom stereocenters. The maximum atomic E-state index is 12.8. The molecule has 24 heavy (non-hydrogen) atoms. The quantitative estimate of drug-likeness (QED) is 0.633. The molecule has 3 rings (SSSR count). The van der Waals surface area contributed by atoms with Gasteiger partial charge in [0.05, 0.1) is 12.1 Å². The van der Waals surface area contributed by atoms with E-state index >= 15 is 0 Å². The highest BCUT2D eigenvalue weighted by molar-refractivity contribution is 9.10. The van der Waals surface area contributed by atoms with Crippen LogP contribution < -0.4 is 4.90 Å². The second-order valence-corrected chi connectivity index (χ2v) is 6.61. The zero-order chi connectivity index (χ0) is 17.3. The van der Waals surface area contributed by atoms with Crippen LogP contribution in [-0.2, 0) is 10.4 Å². The van der Waals surface area contributed by atoms with Crippen LogP contribution in [0, 0.1) is 0 Å². The van der Waals surface area contributed by atoms with Crippen molar-refractivity contribution in [2.75, 3.05) is 11.4 Å². The Kier molecular flexibility index (Phi) is 4.39. The van der Waals surface area contributed by atoms with Crippen molar-refractivity contribution >= 4 is 33.3 Å². The van der Waals surface area contributed by atoms with Crippen LogP contribution in [0.25, 0.3) is 0 Å². The van der Waals surface area contributed by atoms with Gasteiger partial charge >= 0.3 is 0 Å². The van der Waals surface area contributed by atoms with Crippen molar-refractivity contribution in [1.82, 2.24) is 0 Å². The second-order valence-electron chi connectivity index (χ2n) is 5.69. The molecule has 0 saturated carbocycles. The smallest absolute Gasteiger partial charge is 0.264 e. The van der Waals surface area contributed by atoms with Gasteiger partial charge in [0.15, 0.2) is 11.4 Å².